The number of nitrogens with one attached hydrogen (secondary N) is 1. The number of amides is 2. The van der Waals surface area contributed by atoms with Crippen LogP contribution in [0.3, 0.4) is 0 Å². The number of nitrogens with zero attached hydrogens (tertiary/aromatic N) is 1. The number of hydrogen-bond donors (Lipinski definition) is 2. The van der Waals surface area contributed by atoms with Crippen LogP contribution in [0.2, 0.25) is 0 Å². The quantitative estimate of drug-likeness (QED) is 0.778. The van der Waals surface area contributed by atoms with Gasteiger partial charge in [0.25, 0.3) is 0 Å². The highest BCUT2D eigenvalue weighted by molar-refractivity contribution is 5.83. The van der Waals surface area contributed by atoms with Crippen LogP contribution < -0.4 is 5.32 Å². The molecule has 18 heavy (non-hydrogen) atoms. The van der Waals surface area contributed by atoms with Crippen molar-refractivity contribution in [2.75, 3.05) is 19.7 Å². The van der Waals surface area contributed by atoms with Crippen LogP contribution in [0.4, 0.5) is 4.79 Å². The van der Waals surface area contributed by atoms with Crippen molar-refractivity contribution in [3.63, 3.8) is 0 Å². The highest BCUT2D eigenvalue weighted by atomic mass is 16.5. The summed E-state index contributed by atoms with van der Waals surface area (Å²) in [4.78, 5) is 24.3. The van der Waals surface area contributed by atoms with E-state index in [1.54, 1.807) is 0 Å². The molecule has 2 N–H and O–H groups in total. The lowest BCUT2D eigenvalue weighted by Crippen LogP contribution is -2.47. The van der Waals surface area contributed by atoms with Crippen LogP contribution in [0.1, 0.15) is 26.2 Å². The molecule has 2 heterocycles. The van der Waals surface area contributed by atoms with Crippen molar-refractivity contribution in [1.29, 1.82) is 0 Å². The Balaban J connectivity index is 1.82. The van der Waals surface area contributed by atoms with Crippen LogP contribution in [-0.4, -0.2) is 53.8 Å². The normalized spacial score (nSPS) is 31.6. The molecular formula is C12H20N2O4. The second-order valence-electron chi connectivity index (χ2n) is 5.00. The van der Waals surface area contributed by atoms with E-state index in [4.69, 9.17) is 9.84 Å². The van der Waals surface area contributed by atoms with Gasteiger partial charge in [-0.2, -0.15) is 0 Å². The molecule has 2 aliphatic rings. The van der Waals surface area contributed by atoms with E-state index >= 15 is 0 Å². The summed E-state index contributed by atoms with van der Waals surface area (Å²) in [5, 5.41) is 11.8. The molecular weight excluding hydrogens is 236 g/mol. The second kappa shape index (κ2) is 5.56. The minimum absolute atomic E-state index is 0.166. The van der Waals surface area contributed by atoms with E-state index < -0.39 is 12.0 Å². The molecule has 2 aliphatic heterocycles. The molecule has 2 fully saturated rings. The molecule has 102 valence electrons. The minimum Gasteiger partial charge on any atom is -0.480 e. The molecule has 2 unspecified atom stereocenters. The molecule has 2 amide bonds. The van der Waals surface area contributed by atoms with Gasteiger partial charge in [0.2, 0.25) is 0 Å². The van der Waals surface area contributed by atoms with Crippen molar-refractivity contribution in [2.24, 2.45) is 5.92 Å². The third kappa shape index (κ3) is 2.75. The number of rotatable bonds is 3. The molecule has 0 saturated carbocycles. The monoisotopic (exact) mass is 256 g/mol. The van der Waals surface area contributed by atoms with Crippen LogP contribution >= 0.6 is 0 Å². The molecule has 2 saturated heterocycles. The number of ether oxygens (including phenoxy) is 1. The van der Waals surface area contributed by atoms with Gasteiger partial charge in [-0.05, 0) is 26.2 Å². The summed E-state index contributed by atoms with van der Waals surface area (Å²) in [7, 11) is 0. The summed E-state index contributed by atoms with van der Waals surface area (Å²) in [6, 6.07) is -0.929. The maximum absolute atomic E-state index is 11.9. The highest BCUT2D eigenvalue weighted by Gasteiger charge is 2.34. The largest absolute Gasteiger partial charge is 0.480 e. The Hall–Kier alpha value is -1.30. The molecule has 0 aromatic rings. The molecule has 6 nitrogen and oxygen atoms in total. The average molecular weight is 256 g/mol. The number of urea groups is 1. The first kappa shape index (κ1) is 13.1. The molecule has 2 rings (SSSR count). The Bertz CT molecular complexity index is 334. The molecule has 0 aromatic carbocycles. The molecule has 6 heteroatoms. The van der Waals surface area contributed by atoms with E-state index in [2.05, 4.69) is 5.32 Å². The summed E-state index contributed by atoms with van der Waals surface area (Å²) in [6.07, 6.45) is 2.42. The highest BCUT2D eigenvalue weighted by Crippen LogP contribution is 2.20. The third-order valence-corrected chi connectivity index (χ3v) is 3.85. The molecule has 3 atom stereocenters. The number of carboxylic acids is 1. The van der Waals surface area contributed by atoms with E-state index in [1.165, 1.54) is 4.90 Å². The topological polar surface area (TPSA) is 78.9 Å². The summed E-state index contributed by atoms with van der Waals surface area (Å²) in [5.74, 6) is -0.583. The number of carbonyl (C=O) groups excluding carboxylic acids is 1. The second-order valence-corrected chi connectivity index (χ2v) is 5.00. The van der Waals surface area contributed by atoms with Crippen LogP contribution in [0.15, 0.2) is 0 Å². The predicted molar refractivity (Wildman–Crippen MR) is 64.3 cm³/mol. The van der Waals surface area contributed by atoms with Crippen LogP contribution in [0.25, 0.3) is 0 Å². The zero-order valence-electron chi connectivity index (χ0n) is 10.6. The van der Waals surface area contributed by atoms with Crippen molar-refractivity contribution in [2.45, 2.75) is 38.3 Å². The minimum atomic E-state index is -0.916. The first-order valence-electron chi connectivity index (χ1n) is 6.48. The molecule has 0 aliphatic carbocycles. The molecule has 0 spiro atoms. The number of aliphatic carboxylic acids is 1. The van der Waals surface area contributed by atoms with Gasteiger partial charge in [-0.25, -0.2) is 9.59 Å². The van der Waals surface area contributed by atoms with Gasteiger partial charge >= 0.3 is 12.0 Å². The molecule has 0 aromatic heterocycles. The fourth-order valence-electron chi connectivity index (χ4n) is 2.63. The van der Waals surface area contributed by atoms with Gasteiger partial charge in [-0.3, -0.25) is 0 Å². The van der Waals surface area contributed by atoms with Crippen molar-refractivity contribution < 1.29 is 19.4 Å². The van der Waals surface area contributed by atoms with E-state index in [0.29, 0.717) is 25.4 Å². The Morgan fingerprint density at radius 1 is 1.44 bits per heavy atom. The van der Waals surface area contributed by atoms with Gasteiger partial charge in [0.05, 0.1) is 6.10 Å². The van der Waals surface area contributed by atoms with E-state index in [0.717, 1.165) is 19.4 Å². The van der Waals surface area contributed by atoms with Crippen LogP contribution in [0.5, 0.6) is 0 Å². The van der Waals surface area contributed by atoms with Gasteiger partial charge < -0.3 is 20.1 Å². The maximum Gasteiger partial charge on any atom is 0.326 e. The lowest BCUT2D eigenvalue weighted by Gasteiger charge is -2.23. The fraction of sp³-hybridized carbons (Fsp3) is 0.833. The van der Waals surface area contributed by atoms with Crippen molar-refractivity contribution in [3.8, 4) is 0 Å². The van der Waals surface area contributed by atoms with E-state index in [1.807, 2.05) is 6.92 Å². The summed E-state index contributed by atoms with van der Waals surface area (Å²) < 4.78 is 5.42. The van der Waals surface area contributed by atoms with Gasteiger partial charge in [-0.1, -0.05) is 0 Å². The maximum atomic E-state index is 11.9. The number of hydrogen-bond acceptors (Lipinski definition) is 3. The standard InChI is InChI=1S/C12H20N2O4/c1-8-9(4-6-18-8)7-13-12(17)14-5-2-3-10(14)11(15)16/h8-10H,2-7H2,1H3,(H,13,17)(H,15,16)/t8?,9?,10-/m0/s1. The Morgan fingerprint density at radius 2 is 2.22 bits per heavy atom. The predicted octanol–water partition coefficient (Wildman–Crippen LogP) is 0.670. The van der Waals surface area contributed by atoms with Crippen molar-refractivity contribution in [1.82, 2.24) is 10.2 Å². The fourth-order valence-corrected chi connectivity index (χ4v) is 2.63. The number of likely N-dealkylation sites (tertiary alicyclic amines) is 1. The molecule has 0 bridgehead atoms. The zero-order chi connectivity index (χ0) is 13.1. The van der Waals surface area contributed by atoms with Crippen molar-refractivity contribution in [3.05, 3.63) is 0 Å². The summed E-state index contributed by atoms with van der Waals surface area (Å²) in [6.45, 7) is 3.82. The smallest absolute Gasteiger partial charge is 0.326 e. The first-order valence-corrected chi connectivity index (χ1v) is 6.48. The first-order chi connectivity index (χ1) is 8.59. The SMILES string of the molecule is CC1OCCC1CNC(=O)N1CCC[C@H]1C(=O)O. The third-order valence-electron chi connectivity index (χ3n) is 3.85. The Kier molecular flexibility index (Phi) is 4.06. The number of carboxylic acid groups (broad SMARTS) is 1. The lowest BCUT2D eigenvalue weighted by atomic mass is 10.0. The summed E-state index contributed by atoms with van der Waals surface area (Å²) >= 11 is 0. The van der Waals surface area contributed by atoms with Gasteiger partial charge in [0.15, 0.2) is 0 Å². The number of carbonyl (C=O) groups is 2. The Labute approximate surface area is 106 Å². The van der Waals surface area contributed by atoms with Gasteiger partial charge in [0.1, 0.15) is 6.04 Å². The average Bonchev–Trinajstić information content (AvgIpc) is 2.94. The van der Waals surface area contributed by atoms with E-state index in [-0.39, 0.29) is 12.1 Å². The molecule has 0 radical (unpaired) electrons. The Morgan fingerprint density at radius 3 is 2.83 bits per heavy atom. The van der Waals surface area contributed by atoms with Crippen LogP contribution in [0, 0.1) is 5.92 Å². The van der Waals surface area contributed by atoms with Gasteiger partial charge in [0, 0.05) is 25.6 Å². The zero-order valence-corrected chi connectivity index (χ0v) is 10.6. The van der Waals surface area contributed by atoms with E-state index in [9.17, 15) is 9.59 Å². The van der Waals surface area contributed by atoms with Crippen LogP contribution in [-0.2, 0) is 9.53 Å². The summed E-state index contributed by atoms with van der Waals surface area (Å²) in [5.41, 5.74) is 0. The lowest BCUT2D eigenvalue weighted by molar-refractivity contribution is -0.141. The van der Waals surface area contributed by atoms with Gasteiger partial charge in [-0.15, -0.1) is 0 Å². The van der Waals surface area contributed by atoms with Crippen molar-refractivity contribution >= 4 is 12.0 Å².